The van der Waals surface area contributed by atoms with Crippen LogP contribution in [0.25, 0.3) is 12.7 Å². The molecule has 0 atom stereocenters. The third-order valence-electron chi connectivity index (χ3n) is 7.16. The zero-order chi connectivity index (χ0) is 23.8. The molecule has 0 amide bonds. The number of allylic oxidation sites excluding steroid dienone is 2. The summed E-state index contributed by atoms with van der Waals surface area (Å²) in [4.78, 5) is 15.7. The molecule has 2 aromatic rings. The molecule has 0 unspecified atom stereocenters. The van der Waals surface area contributed by atoms with E-state index < -0.39 is 0 Å². The van der Waals surface area contributed by atoms with Crippen molar-refractivity contribution in [2.45, 2.75) is 71.3 Å². The van der Waals surface area contributed by atoms with Gasteiger partial charge in [0.2, 0.25) is 5.88 Å². The zero-order valence-electron chi connectivity index (χ0n) is 19.9. The Balaban J connectivity index is 1.85. The number of aromatic nitrogens is 1. The molecule has 4 rings (SSSR count). The van der Waals surface area contributed by atoms with Crippen molar-refractivity contribution in [2.75, 3.05) is 11.4 Å². The highest BCUT2D eigenvalue weighted by Crippen LogP contribution is 2.50. The fourth-order valence-electron chi connectivity index (χ4n) is 5.30. The van der Waals surface area contributed by atoms with Crippen molar-refractivity contribution in [3.05, 3.63) is 67.5 Å². The number of benzene rings is 1. The Bertz CT molecular complexity index is 1320. The van der Waals surface area contributed by atoms with E-state index in [2.05, 4.69) is 50.4 Å². The van der Waals surface area contributed by atoms with Crippen molar-refractivity contribution in [3.8, 4) is 11.9 Å². The number of aryl methyl sites for hydroxylation is 1. The van der Waals surface area contributed by atoms with Gasteiger partial charge in [-0.25, -0.2) is 0 Å². The van der Waals surface area contributed by atoms with E-state index in [4.69, 9.17) is 0 Å². The Kier molecular flexibility index (Phi) is 6.21. The molecule has 0 fully saturated rings. The number of hydrogen-bond donors (Lipinski definition) is 1. The minimum atomic E-state index is -0.294. The molecule has 0 saturated carbocycles. The minimum Gasteiger partial charge on any atom is -0.493 e. The number of aromatic hydroxyl groups is 1. The van der Waals surface area contributed by atoms with Crippen LogP contribution in [0.5, 0.6) is 5.88 Å². The first-order chi connectivity index (χ1) is 15.8. The molecular formula is C28H33N3O2. The second kappa shape index (κ2) is 8.94. The average Bonchev–Trinajstić information content (AvgIpc) is 3.02. The summed E-state index contributed by atoms with van der Waals surface area (Å²) in [6.45, 7) is 11.9. The Labute approximate surface area is 195 Å². The highest BCUT2D eigenvalue weighted by atomic mass is 16.3. The second-order valence-electron chi connectivity index (χ2n) is 9.63. The van der Waals surface area contributed by atoms with Crippen LogP contribution in [0.4, 0.5) is 5.69 Å². The van der Waals surface area contributed by atoms with E-state index in [1.807, 2.05) is 12.1 Å². The largest absolute Gasteiger partial charge is 0.493 e. The number of anilines is 1. The summed E-state index contributed by atoms with van der Waals surface area (Å²) in [5.41, 5.74) is 4.72. The molecule has 2 aliphatic rings. The molecule has 172 valence electrons. The minimum absolute atomic E-state index is 0.0731. The molecule has 0 spiro atoms. The van der Waals surface area contributed by atoms with Crippen LogP contribution < -0.4 is 20.9 Å². The molecule has 3 heterocycles. The lowest BCUT2D eigenvalue weighted by Gasteiger charge is -2.30. The van der Waals surface area contributed by atoms with Crippen molar-refractivity contribution in [1.82, 2.24) is 4.57 Å². The van der Waals surface area contributed by atoms with Gasteiger partial charge in [0.05, 0.1) is 0 Å². The normalized spacial score (nSPS) is 17.9. The van der Waals surface area contributed by atoms with Crippen molar-refractivity contribution in [1.29, 1.82) is 5.26 Å². The summed E-state index contributed by atoms with van der Waals surface area (Å²) >= 11 is 0. The van der Waals surface area contributed by atoms with Crippen LogP contribution >= 0.6 is 0 Å². The summed E-state index contributed by atoms with van der Waals surface area (Å²) in [6.07, 6.45) is 9.91. The molecule has 0 saturated heterocycles. The predicted octanol–water partition coefficient (Wildman–Crippen LogP) is 3.82. The summed E-state index contributed by atoms with van der Waals surface area (Å²) in [7, 11) is 0. The first-order valence-corrected chi connectivity index (χ1v) is 12.0. The number of nitrogens with zero attached hydrogens (tertiary/aromatic N) is 3. The van der Waals surface area contributed by atoms with Crippen LogP contribution in [0, 0.1) is 11.3 Å². The third-order valence-corrected chi connectivity index (χ3v) is 7.16. The van der Waals surface area contributed by atoms with Crippen LogP contribution in [0.3, 0.4) is 0 Å². The Hall–Kier alpha value is -3.26. The first-order valence-electron chi connectivity index (χ1n) is 12.0. The maximum absolute atomic E-state index is 13.3. The van der Waals surface area contributed by atoms with Crippen molar-refractivity contribution >= 4 is 18.3 Å². The SMILES string of the molecule is C=c1c(C#N)c(O)n(CCCCCC)c(=O)/c1=C\C=C1N2CCCc3cccc(c32)C1(C)C. The van der Waals surface area contributed by atoms with E-state index in [-0.39, 0.29) is 27.6 Å². The Morgan fingerprint density at radius 1 is 1.24 bits per heavy atom. The molecule has 0 bridgehead atoms. The molecule has 1 N–H and O–H groups in total. The van der Waals surface area contributed by atoms with Crippen LogP contribution in [-0.2, 0) is 18.4 Å². The van der Waals surface area contributed by atoms with Gasteiger partial charge in [-0.1, -0.05) is 64.8 Å². The number of para-hydroxylation sites is 1. The average molecular weight is 444 g/mol. The molecule has 5 heteroatoms. The molecule has 33 heavy (non-hydrogen) atoms. The Morgan fingerprint density at radius 3 is 2.76 bits per heavy atom. The Morgan fingerprint density at radius 2 is 2.03 bits per heavy atom. The van der Waals surface area contributed by atoms with E-state index in [1.165, 1.54) is 21.4 Å². The third kappa shape index (κ3) is 3.78. The lowest BCUT2D eigenvalue weighted by Crippen LogP contribution is -2.46. The van der Waals surface area contributed by atoms with Gasteiger partial charge in [-0.05, 0) is 42.5 Å². The monoisotopic (exact) mass is 443 g/mol. The van der Waals surface area contributed by atoms with Gasteiger partial charge >= 0.3 is 0 Å². The van der Waals surface area contributed by atoms with Crippen LogP contribution in [0.1, 0.15) is 69.6 Å². The van der Waals surface area contributed by atoms with Gasteiger partial charge in [0.1, 0.15) is 11.6 Å². The number of unbranched alkanes of at least 4 members (excludes halogenated alkanes) is 3. The van der Waals surface area contributed by atoms with Crippen LogP contribution in [-0.4, -0.2) is 16.2 Å². The lowest BCUT2D eigenvalue weighted by atomic mass is 9.83. The van der Waals surface area contributed by atoms with Crippen LogP contribution in [0.15, 0.2) is 34.8 Å². The smallest absolute Gasteiger partial charge is 0.261 e. The number of hydrogen-bond acceptors (Lipinski definition) is 4. The number of nitriles is 1. The first kappa shape index (κ1) is 22.9. The van der Waals surface area contributed by atoms with Gasteiger partial charge in [-0.15, -0.1) is 0 Å². The van der Waals surface area contributed by atoms with E-state index in [0.29, 0.717) is 11.8 Å². The summed E-state index contributed by atoms with van der Waals surface area (Å²) in [6, 6.07) is 8.58. The molecule has 1 aromatic heterocycles. The second-order valence-corrected chi connectivity index (χ2v) is 9.63. The molecule has 2 aliphatic heterocycles. The van der Waals surface area contributed by atoms with Crippen molar-refractivity contribution in [3.63, 3.8) is 0 Å². The number of rotatable bonds is 6. The molecule has 5 nitrogen and oxygen atoms in total. The molecule has 1 aromatic carbocycles. The highest BCUT2D eigenvalue weighted by molar-refractivity contribution is 5.76. The maximum atomic E-state index is 13.3. The number of pyridine rings is 1. The van der Waals surface area contributed by atoms with E-state index >= 15 is 0 Å². The van der Waals surface area contributed by atoms with Crippen LogP contribution in [0.2, 0.25) is 0 Å². The standard InChI is InChI=1S/C28H33N3O2/c1-5-6-7-8-16-31-26(32)21(19(2)22(18-29)27(31)33)14-15-24-28(3,4)23-13-9-11-20-12-10-17-30(24)25(20)23/h9,11,13-15,33H,2,5-8,10,12,16-17H2,1,3-4H3/b21-14-,24-15?. The summed E-state index contributed by atoms with van der Waals surface area (Å²) in [5.74, 6) is -0.275. The van der Waals surface area contributed by atoms with Gasteiger partial charge in [-0.3, -0.25) is 9.36 Å². The summed E-state index contributed by atoms with van der Waals surface area (Å²) in [5, 5.41) is 20.9. The zero-order valence-corrected chi connectivity index (χ0v) is 19.9. The fourth-order valence-corrected chi connectivity index (χ4v) is 5.30. The topological polar surface area (TPSA) is 69.3 Å². The van der Waals surface area contributed by atoms with E-state index in [0.717, 1.165) is 50.8 Å². The molecular weight excluding hydrogens is 410 g/mol. The van der Waals surface area contributed by atoms with Crippen molar-refractivity contribution < 1.29 is 5.11 Å². The highest BCUT2D eigenvalue weighted by Gasteiger charge is 2.41. The van der Waals surface area contributed by atoms with Gasteiger partial charge in [0.25, 0.3) is 5.56 Å². The van der Waals surface area contributed by atoms with Gasteiger partial charge in [-0.2, -0.15) is 5.26 Å². The van der Waals surface area contributed by atoms with Gasteiger partial charge in [0, 0.05) is 40.3 Å². The quantitative estimate of drug-likeness (QED) is 0.689. The van der Waals surface area contributed by atoms with E-state index in [1.54, 1.807) is 6.08 Å². The molecule has 0 aliphatic carbocycles. The van der Waals surface area contributed by atoms with Gasteiger partial charge in [0.15, 0.2) is 0 Å². The van der Waals surface area contributed by atoms with Gasteiger partial charge < -0.3 is 10.0 Å². The lowest BCUT2D eigenvalue weighted by molar-refractivity contribution is 0.395. The summed E-state index contributed by atoms with van der Waals surface area (Å²) < 4.78 is 1.33. The van der Waals surface area contributed by atoms with Crippen molar-refractivity contribution in [2.24, 2.45) is 0 Å². The maximum Gasteiger partial charge on any atom is 0.261 e. The van der Waals surface area contributed by atoms with E-state index in [9.17, 15) is 15.2 Å². The molecule has 0 radical (unpaired) electrons. The fraction of sp³-hybridized carbons (Fsp3) is 0.429. The predicted molar refractivity (Wildman–Crippen MR) is 134 cm³/mol.